The van der Waals surface area contributed by atoms with Gasteiger partial charge in [0.1, 0.15) is 17.4 Å². The van der Waals surface area contributed by atoms with Gasteiger partial charge in [-0.05, 0) is 36.1 Å². The Balaban J connectivity index is 1.68. The molecule has 0 atom stereocenters. The van der Waals surface area contributed by atoms with Gasteiger partial charge < -0.3 is 4.74 Å². The van der Waals surface area contributed by atoms with Gasteiger partial charge in [0.2, 0.25) is 0 Å². The van der Waals surface area contributed by atoms with Crippen molar-refractivity contribution in [2.75, 3.05) is 0 Å². The number of nitrogens with zero attached hydrogens (tertiary/aromatic N) is 1. The first-order chi connectivity index (χ1) is 11.1. The molecular formula is C20H21NOS. The molecule has 3 rings (SSSR count). The second-order valence-corrected chi connectivity index (χ2v) is 6.88. The molecule has 0 saturated carbocycles. The first kappa shape index (κ1) is 15.8. The van der Waals surface area contributed by atoms with Crippen molar-refractivity contribution in [3.63, 3.8) is 0 Å². The molecule has 0 bridgehead atoms. The smallest absolute Gasteiger partial charge is 0.131 e. The molecule has 0 aliphatic carbocycles. The highest BCUT2D eigenvalue weighted by Crippen LogP contribution is 2.26. The van der Waals surface area contributed by atoms with Crippen LogP contribution >= 0.6 is 11.3 Å². The van der Waals surface area contributed by atoms with E-state index in [2.05, 4.69) is 61.5 Å². The molecule has 0 unspecified atom stereocenters. The van der Waals surface area contributed by atoms with Gasteiger partial charge in [0.25, 0.3) is 0 Å². The van der Waals surface area contributed by atoms with Crippen LogP contribution in [0.3, 0.4) is 0 Å². The van der Waals surface area contributed by atoms with E-state index in [0.717, 1.165) is 16.5 Å². The van der Waals surface area contributed by atoms with Crippen molar-refractivity contribution in [1.82, 2.24) is 4.98 Å². The van der Waals surface area contributed by atoms with E-state index in [1.54, 1.807) is 11.3 Å². The van der Waals surface area contributed by atoms with Crippen molar-refractivity contribution in [3.8, 4) is 16.3 Å². The highest BCUT2D eigenvalue weighted by atomic mass is 32.1. The van der Waals surface area contributed by atoms with Crippen molar-refractivity contribution in [2.24, 2.45) is 0 Å². The van der Waals surface area contributed by atoms with Gasteiger partial charge in [-0.2, -0.15) is 0 Å². The van der Waals surface area contributed by atoms with E-state index in [1.165, 1.54) is 16.7 Å². The fraction of sp³-hybridized carbons (Fsp3) is 0.250. The van der Waals surface area contributed by atoms with Crippen LogP contribution in [0, 0.1) is 6.92 Å². The van der Waals surface area contributed by atoms with E-state index in [-0.39, 0.29) is 0 Å². The zero-order valence-corrected chi connectivity index (χ0v) is 14.6. The lowest BCUT2D eigenvalue weighted by Crippen LogP contribution is -1.96. The standard InChI is InChI=1S/C20H21NOS/c1-14(2)16-7-9-17(10-8-16)20-21-18(13-23-20)12-22-19-6-4-5-15(3)11-19/h4-11,13-14H,12H2,1-3H3. The van der Waals surface area contributed by atoms with Gasteiger partial charge >= 0.3 is 0 Å². The highest BCUT2D eigenvalue weighted by molar-refractivity contribution is 7.13. The highest BCUT2D eigenvalue weighted by Gasteiger charge is 2.07. The van der Waals surface area contributed by atoms with E-state index < -0.39 is 0 Å². The molecule has 2 aromatic carbocycles. The van der Waals surface area contributed by atoms with Crippen LogP contribution in [0.15, 0.2) is 53.9 Å². The second kappa shape index (κ2) is 6.97. The summed E-state index contributed by atoms with van der Waals surface area (Å²) in [7, 11) is 0. The molecule has 3 heteroatoms. The zero-order chi connectivity index (χ0) is 16.2. The molecule has 2 nitrogen and oxygen atoms in total. The lowest BCUT2D eigenvalue weighted by Gasteiger charge is -2.05. The van der Waals surface area contributed by atoms with E-state index in [1.807, 2.05) is 18.2 Å². The number of thiazole rings is 1. The molecule has 0 fully saturated rings. The van der Waals surface area contributed by atoms with Gasteiger partial charge in [0.15, 0.2) is 0 Å². The molecule has 0 saturated heterocycles. The monoisotopic (exact) mass is 323 g/mol. The van der Waals surface area contributed by atoms with Crippen LogP contribution < -0.4 is 4.74 Å². The normalized spacial score (nSPS) is 11.0. The summed E-state index contributed by atoms with van der Waals surface area (Å²) in [4.78, 5) is 4.69. The van der Waals surface area contributed by atoms with Crippen LogP contribution in [0.4, 0.5) is 0 Å². The van der Waals surface area contributed by atoms with Gasteiger partial charge in [-0.1, -0.05) is 50.2 Å². The summed E-state index contributed by atoms with van der Waals surface area (Å²) in [5.74, 6) is 1.44. The van der Waals surface area contributed by atoms with Crippen molar-refractivity contribution in [1.29, 1.82) is 0 Å². The first-order valence-corrected chi connectivity index (χ1v) is 8.74. The molecule has 0 spiro atoms. The van der Waals surface area contributed by atoms with Crippen LogP contribution in [0.1, 0.15) is 36.6 Å². The fourth-order valence-electron chi connectivity index (χ4n) is 2.38. The van der Waals surface area contributed by atoms with E-state index in [4.69, 9.17) is 4.74 Å². The van der Waals surface area contributed by atoms with Crippen LogP contribution in [-0.4, -0.2) is 4.98 Å². The second-order valence-electron chi connectivity index (χ2n) is 6.03. The Bertz CT molecular complexity index is 774. The minimum Gasteiger partial charge on any atom is -0.487 e. The Kier molecular flexibility index (Phi) is 4.77. The summed E-state index contributed by atoms with van der Waals surface area (Å²) in [6, 6.07) is 16.8. The molecule has 1 aromatic heterocycles. The SMILES string of the molecule is Cc1cccc(OCc2csc(-c3ccc(C(C)C)cc3)n2)c1. The number of hydrogen-bond donors (Lipinski definition) is 0. The number of rotatable bonds is 5. The summed E-state index contributed by atoms with van der Waals surface area (Å²) < 4.78 is 5.82. The Labute approximate surface area is 141 Å². The summed E-state index contributed by atoms with van der Waals surface area (Å²) in [5, 5.41) is 3.12. The zero-order valence-electron chi connectivity index (χ0n) is 13.7. The predicted octanol–water partition coefficient (Wildman–Crippen LogP) is 5.82. The first-order valence-electron chi connectivity index (χ1n) is 7.86. The van der Waals surface area contributed by atoms with Crippen LogP contribution in [0.5, 0.6) is 5.75 Å². The average Bonchev–Trinajstić information content (AvgIpc) is 3.02. The molecule has 0 radical (unpaired) electrons. The van der Waals surface area contributed by atoms with E-state index in [0.29, 0.717) is 12.5 Å². The molecule has 118 valence electrons. The van der Waals surface area contributed by atoms with Crippen LogP contribution in [0.25, 0.3) is 10.6 Å². The quantitative estimate of drug-likeness (QED) is 0.590. The predicted molar refractivity (Wildman–Crippen MR) is 97.2 cm³/mol. The minimum atomic E-state index is 0.504. The van der Waals surface area contributed by atoms with Gasteiger partial charge in [0, 0.05) is 10.9 Å². The largest absolute Gasteiger partial charge is 0.487 e. The topological polar surface area (TPSA) is 22.1 Å². The molecule has 23 heavy (non-hydrogen) atoms. The molecule has 1 heterocycles. The van der Waals surface area contributed by atoms with Crippen molar-refractivity contribution < 1.29 is 4.74 Å². The van der Waals surface area contributed by atoms with Gasteiger partial charge in [-0.25, -0.2) is 4.98 Å². The third kappa shape index (κ3) is 3.99. The third-order valence-corrected chi connectivity index (χ3v) is 4.69. The molecule has 3 aromatic rings. The van der Waals surface area contributed by atoms with Gasteiger partial charge in [-0.3, -0.25) is 0 Å². The third-order valence-electron chi connectivity index (χ3n) is 3.75. The molecule has 0 amide bonds. The Morgan fingerprint density at radius 2 is 1.87 bits per heavy atom. The Hall–Kier alpha value is -2.13. The Morgan fingerprint density at radius 3 is 2.57 bits per heavy atom. The number of ether oxygens (including phenoxy) is 1. The van der Waals surface area contributed by atoms with Crippen LogP contribution in [0.2, 0.25) is 0 Å². The summed E-state index contributed by atoms with van der Waals surface area (Å²) >= 11 is 1.66. The van der Waals surface area contributed by atoms with Crippen molar-refractivity contribution >= 4 is 11.3 Å². The van der Waals surface area contributed by atoms with Crippen molar-refractivity contribution in [3.05, 3.63) is 70.7 Å². The number of benzene rings is 2. The summed E-state index contributed by atoms with van der Waals surface area (Å²) in [6.07, 6.45) is 0. The maximum Gasteiger partial charge on any atom is 0.131 e. The summed E-state index contributed by atoms with van der Waals surface area (Å²) in [6.45, 7) is 6.98. The number of aromatic nitrogens is 1. The van der Waals surface area contributed by atoms with Crippen molar-refractivity contribution in [2.45, 2.75) is 33.3 Å². The molecule has 0 N–H and O–H groups in total. The van der Waals surface area contributed by atoms with Gasteiger partial charge in [-0.15, -0.1) is 11.3 Å². The lowest BCUT2D eigenvalue weighted by atomic mass is 10.0. The average molecular weight is 323 g/mol. The fourth-order valence-corrected chi connectivity index (χ4v) is 3.19. The maximum absolute atomic E-state index is 5.82. The number of aryl methyl sites for hydroxylation is 1. The maximum atomic E-state index is 5.82. The minimum absolute atomic E-state index is 0.504. The molecule has 0 aliphatic rings. The van der Waals surface area contributed by atoms with Crippen LogP contribution in [-0.2, 0) is 6.61 Å². The molecule has 0 aliphatic heterocycles. The molecular weight excluding hydrogens is 302 g/mol. The number of hydrogen-bond acceptors (Lipinski definition) is 3. The Morgan fingerprint density at radius 1 is 1.09 bits per heavy atom. The summed E-state index contributed by atoms with van der Waals surface area (Å²) in [5.41, 5.74) is 4.70. The van der Waals surface area contributed by atoms with Gasteiger partial charge in [0.05, 0.1) is 5.69 Å². The lowest BCUT2D eigenvalue weighted by molar-refractivity contribution is 0.302. The van der Waals surface area contributed by atoms with E-state index in [9.17, 15) is 0 Å². The van der Waals surface area contributed by atoms with E-state index >= 15 is 0 Å².